The van der Waals surface area contributed by atoms with Crippen LogP contribution in [0.2, 0.25) is 0 Å². The molecule has 3 aromatic rings. The van der Waals surface area contributed by atoms with Crippen molar-refractivity contribution in [1.29, 1.82) is 0 Å². The van der Waals surface area contributed by atoms with E-state index in [1.807, 2.05) is 12.3 Å². The van der Waals surface area contributed by atoms with Crippen LogP contribution in [0.15, 0.2) is 54.7 Å². The molecule has 1 nitrogen and oxygen atoms in total. The summed E-state index contributed by atoms with van der Waals surface area (Å²) in [5.41, 5.74) is 6.37. The highest BCUT2D eigenvalue weighted by atomic mass is 14.6. The van der Waals surface area contributed by atoms with Gasteiger partial charge in [-0.05, 0) is 43.2 Å². The lowest BCUT2D eigenvalue weighted by molar-refractivity contribution is 0.640. The van der Waals surface area contributed by atoms with Gasteiger partial charge in [-0.15, -0.1) is 0 Å². The van der Waals surface area contributed by atoms with Crippen molar-refractivity contribution in [2.24, 2.45) is 0 Å². The fourth-order valence-corrected chi connectivity index (χ4v) is 2.97. The Hall–Kier alpha value is -2.15. The van der Waals surface area contributed by atoms with Crippen LogP contribution in [0.25, 0.3) is 10.9 Å². The van der Waals surface area contributed by atoms with Crippen molar-refractivity contribution < 1.29 is 0 Å². The Morgan fingerprint density at radius 3 is 2.24 bits per heavy atom. The lowest BCUT2D eigenvalue weighted by atomic mass is 9.77. The fraction of sp³-hybridized carbons (Fsp3) is 0.250. The van der Waals surface area contributed by atoms with Crippen molar-refractivity contribution in [3.63, 3.8) is 0 Å². The Balaban J connectivity index is 2.14. The number of aryl methyl sites for hydroxylation is 2. The van der Waals surface area contributed by atoms with Gasteiger partial charge in [0.05, 0.1) is 5.52 Å². The summed E-state index contributed by atoms with van der Waals surface area (Å²) in [6.45, 7) is 8.91. The summed E-state index contributed by atoms with van der Waals surface area (Å²) in [4.78, 5) is 4.41. The van der Waals surface area contributed by atoms with Gasteiger partial charge in [-0.25, -0.2) is 0 Å². The number of nitrogens with zero attached hydrogens (tertiary/aromatic N) is 1. The van der Waals surface area contributed by atoms with Crippen LogP contribution in [0, 0.1) is 13.8 Å². The molecular weight excluding hydrogens is 254 g/mol. The topological polar surface area (TPSA) is 12.9 Å². The van der Waals surface area contributed by atoms with Crippen LogP contribution in [-0.4, -0.2) is 4.98 Å². The van der Waals surface area contributed by atoms with Crippen LogP contribution >= 0.6 is 0 Å². The monoisotopic (exact) mass is 275 g/mol. The molecule has 0 saturated heterocycles. The molecule has 0 aliphatic rings. The highest BCUT2D eigenvalue weighted by Crippen LogP contribution is 2.33. The maximum Gasteiger partial charge on any atom is 0.0702 e. The highest BCUT2D eigenvalue weighted by molar-refractivity contribution is 5.79. The van der Waals surface area contributed by atoms with E-state index in [-0.39, 0.29) is 5.41 Å². The van der Waals surface area contributed by atoms with Crippen LogP contribution in [0.3, 0.4) is 0 Å². The predicted octanol–water partition coefficient (Wildman–Crippen LogP) is 5.18. The van der Waals surface area contributed by atoms with E-state index < -0.39 is 0 Å². The third-order valence-electron chi connectivity index (χ3n) is 4.27. The number of hydrogen-bond donors (Lipinski definition) is 0. The normalized spacial score (nSPS) is 11.8. The van der Waals surface area contributed by atoms with Crippen LogP contribution in [-0.2, 0) is 5.41 Å². The lowest BCUT2D eigenvalue weighted by Crippen LogP contribution is -2.19. The van der Waals surface area contributed by atoms with Gasteiger partial charge in [-0.1, -0.05) is 55.3 Å². The fourth-order valence-electron chi connectivity index (χ4n) is 2.97. The van der Waals surface area contributed by atoms with E-state index in [4.69, 9.17) is 0 Å². The van der Waals surface area contributed by atoms with Crippen molar-refractivity contribution in [2.75, 3.05) is 0 Å². The van der Waals surface area contributed by atoms with Gasteiger partial charge in [-0.3, -0.25) is 4.98 Å². The SMILES string of the molecule is Cc1cc(C)cc(C(C)(C)c2ccc3ncccc3c2)c1. The molecule has 1 aromatic heterocycles. The molecule has 0 saturated carbocycles. The molecule has 21 heavy (non-hydrogen) atoms. The molecule has 1 heterocycles. The first-order chi connectivity index (χ1) is 9.96. The molecule has 0 amide bonds. The largest absolute Gasteiger partial charge is 0.256 e. The summed E-state index contributed by atoms with van der Waals surface area (Å²) < 4.78 is 0. The molecule has 1 heteroatoms. The summed E-state index contributed by atoms with van der Waals surface area (Å²) >= 11 is 0. The molecule has 3 rings (SSSR count). The molecule has 0 spiro atoms. The average Bonchev–Trinajstić information content (AvgIpc) is 2.45. The molecule has 0 unspecified atom stereocenters. The Morgan fingerprint density at radius 1 is 0.810 bits per heavy atom. The minimum absolute atomic E-state index is 0.0131. The van der Waals surface area contributed by atoms with Gasteiger partial charge in [0, 0.05) is 17.0 Å². The Morgan fingerprint density at radius 2 is 1.52 bits per heavy atom. The molecule has 2 aromatic carbocycles. The Kier molecular flexibility index (Phi) is 3.29. The van der Waals surface area contributed by atoms with Crippen molar-refractivity contribution in [3.05, 3.63) is 77.0 Å². The second-order valence-electron chi connectivity index (χ2n) is 6.41. The zero-order valence-electron chi connectivity index (χ0n) is 13.1. The van der Waals surface area contributed by atoms with E-state index in [1.165, 1.54) is 27.6 Å². The van der Waals surface area contributed by atoms with Gasteiger partial charge < -0.3 is 0 Å². The Bertz CT molecular complexity index is 780. The highest BCUT2D eigenvalue weighted by Gasteiger charge is 2.23. The lowest BCUT2D eigenvalue weighted by Gasteiger charge is -2.27. The van der Waals surface area contributed by atoms with Crippen molar-refractivity contribution in [1.82, 2.24) is 4.98 Å². The van der Waals surface area contributed by atoms with Crippen LogP contribution in [0.4, 0.5) is 0 Å². The molecule has 0 N–H and O–H groups in total. The molecule has 0 bridgehead atoms. The van der Waals surface area contributed by atoms with E-state index >= 15 is 0 Å². The minimum Gasteiger partial charge on any atom is -0.256 e. The van der Waals surface area contributed by atoms with Crippen molar-refractivity contribution in [2.45, 2.75) is 33.1 Å². The number of fused-ring (bicyclic) bond motifs is 1. The molecular formula is C20H21N. The zero-order chi connectivity index (χ0) is 15.0. The molecule has 0 radical (unpaired) electrons. The van der Waals surface area contributed by atoms with E-state index in [1.54, 1.807) is 0 Å². The molecule has 106 valence electrons. The van der Waals surface area contributed by atoms with Crippen molar-refractivity contribution >= 4 is 10.9 Å². The molecule has 0 fully saturated rings. The number of pyridine rings is 1. The van der Waals surface area contributed by atoms with E-state index in [9.17, 15) is 0 Å². The van der Waals surface area contributed by atoms with Gasteiger partial charge in [0.2, 0.25) is 0 Å². The van der Waals surface area contributed by atoms with Gasteiger partial charge in [0.25, 0.3) is 0 Å². The van der Waals surface area contributed by atoms with E-state index in [0.29, 0.717) is 0 Å². The molecule has 0 aliphatic heterocycles. The summed E-state index contributed by atoms with van der Waals surface area (Å²) in [6.07, 6.45) is 1.84. The smallest absolute Gasteiger partial charge is 0.0702 e. The van der Waals surface area contributed by atoms with Gasteiger partial charge in [0.1, 0.15) is 0 Å². The molecule has 0 atom stereocenters. The first-order valence-electron chi connectivity index (χ1n) is 7.41. The summed E-state index contributed by atoms with van der Waals surface area (Å²) in [6, 6.07) is 17.5. The number of aromatic nitrogens is 1. The first-order valence-corrected chi connectivity index (χ1v) is 7.41. The van der Waals surface area contributed by atoms with Gasteiger partial charge in [-0.2, -0.15) is 0 Å². The first kappa shape index (κ1) is 13.8. The standard InChI is InChI=1S/C20H21N/c1-14-10-15(2)12-18(11-14)20(3,4)17-7-8-19-16(13-17)6-5-9-21-19/h5-13H,1-4H3. The van der Waals surface area contributed by atoms with Crippen LogP contribution < -0.4 is 0 Å². The van der Waals surface area contributed by atoms with Gasteiger partial charge in [0.15, 0.2) is 0 Å². The predicted molar refractivity (Wildman–Crippen MR) is 89.8 cm³/mol. The quantitative estimate of drug-likeness (QED) is 0.628. The van der Waals surface area contributed by atoms with Gasteiger partial charge >= 0.3 is 0 Å². The third-order valence-corrected chi connectivity index (χ3v) is 4.27. The number of benzene rings is 2. The third kappa shape index (κ3) is 2.56. The average molecular weight is 275 g/mol. The molecule has 0 aliphatic carbocycles. The van der Waals surface area contributed by atoms with Crippen LogP contribution in [0.1, 0.15) is 36.1 Å². The minimum atomic E-state index is -0.0131. The van der Waals surface area contributed by atoms with E-state index in [0.717, 1.165) is 5.52 Å². The maximum absolute atomic E-state index is 4.41. The van der Waals surface area contributed by atoms with Crippen LogP contribution in [0.5, 0.6) is 0 Å². The summed E-state index contributed by atoms with van der Waals surface area (Å²) in [5.74, 6) is 0. The Labute approximate surface area is 126 Å². The number of hydrogen-bond acceptors (Lipinski definition) is 1. The van der Waals surface area contributed by atoms with Crippen molar-refractivity contribution in [3.8, 4) is 0 Å². The number of rotatable bonds is 2. The summed E-state index contributed by atoms with van der Waals surface area (Å²) in [7, 11) is 0. The maximum atomic E-state index is 4.41. The van der Waals surface area contributed by atoms with E-state index in [2.05, 4.69) is 75.1 Å². The second-order valence-corrected chi connectivity index (χ2v) is 6.41. The second kappa shape index (κ2) is 5.00. The summed E-state index contributed by atoms with van der Waals surface area (Å²) in [5, 5.41) is 1.20. The zero-order valence-corrected chi connectivity index (χ0v) is 13.1.